The molecule has 192 valence electrons. The van der Waals surface area contributed by atoms with Crippen LogP contribution in [0.15, 0.2) is 89.6 Å². The van der Waals surface area contributed by atoms with E-state index >= 15 is 0 Å². The number of carbonyl (C=O) groups excluding carboxylic acids is 1. The molecular weight excluding hydrogens is 522 g/mol. The lowest BCUT2D eigenvalue weighted by Crippen LogP contribution is -2.36. The van der Waals surface area contributed by atoms with Crippen LogP contribution in [0.3, 0.4) is 0 Å². The summed E-state index contributed by atoms with van der Waals surface area (Å²) in [6.07, 6.45) is -1.48. The third kappa shape index (κ3) is 6.73. The molecule has 1 unspecified atom stereocenters. The van der Waals surface area contributed by atoms with Gasteiger partial charge in [-0.1, -0.05) is 59.6 Å². The van der Waals surface area contributed by atoms with E-state index < -0.39 is 11.9 Å². The first kappa shape index (κ1) is 26.8. The minimum atomic E-state index is -4.72. The van der Waals surface area contributed by atoms with Gasteiger partial charge < -0.3 is 10.6 Å². The molecule has 3 aromatic carbocycles. The molecule has 0 aromatic heterocycles. The molecule has 1 aliphatic rings. The number of likely N-dealkylation sites (tertiary alicyclic amines) is 1. The molecule has 1 saturated heterocycles. The molecular formula is C28H24Cl2F3N3O. The number of nitrogens with two attached hydrogens (primary N) is 1. The van der Waals surface area contributed by atoms with E-state index in [2.05, 4.69) is 4.99 Å². The first-order valence-electron chi connectivity index (χ1n) is 11.7. The normalized spacial score (nSPS) is 16.8. The van der Waals surface area contributed by atoms with Gasteiger partial charge in [0.1, 0.15) is 5.70 Å². The van der Waals surface area contributed by atoms with E-state index in [1.165, 1.54) is 0 Å². The van der Waals surface area contributed by atoms with Crippen molar-refractivity contribution in [2.45, 2.75) is 31.5 Å². The molecule has 1 fully saturated rings. The van der Waals surface area contributed by atoms with Crippen LogP contribution in [0.4, 0.5) is 18.9 Å². The minimum absolute atomic E-state index is 0.0260. The largest absolute Gasteiger partial charge is 0.430 e. The van der Waals surface area contributed by atoms with E-state index in [-0.39, 0.29) is 22.7 Å². The highest BCUT2D eigenvalue weighted by Gasteiger charge is 2.32. The molecule has 0 spiro atoms. The Hall–Kier alpha value is -3.29. The second kappa shape index (κ2) is 11.4. The zero-order valence-electron chi connectivity index (χ0n) is 19.7. The molecule has 3 aromatic rings. The Morgan fingerprint density at radius 2 is 1.73 bits per heavy atom. The number of carbonyl (C=O) groups is 1. The molecule has 1 atom stereocenters. The van der Waals surface area contributed by atoms with Crippen molar-refractivity contribution >= 4 is 40.5 Å². The Bertz CT molecular complexity index is 1340. The second-order valence-corrected chi connectivity index (χ2v) is 9.60. The van der Waals surface area contributed by atoms with E-state index in [0.29, 0.717) is 34.8 Å². The quantitative estimate of drug-likeness (QED) is 0.329. The summed E-state index contributed by atoms with van der Waals surface area (Å²) in [6.45, 7) is 0.635. The maximum absolute atomic E-state index is 13.3. The van der Waals surface area contributed by atoms with Crippen molar-refractivity contribution in [3.05, 3.63) is 111 Å². The van der Waals surface area contributed by atoms with Crippen molar-refractivity contribution in [2.24, 2.45) is 10.7 Å². The SMILES string of the molecule is NC(=CC(=Nc1ccccc1Cl)c1ccc(C(=O)N2CCCC2Cc2cccc(Cl)c2)cc1)C(F)(F)F. The van der Waals surface area contributed by atoms with Crippen LogP contribution >= 0.6 is 23.2 Å². The maximum atomic E-state index is 13.3. The summed E-state index contributed by atoms with van der Waals surface area (Å²) in [4.78, 5) is 19.5. The van der Waals surface area contributed by atoms with Crippen LogP contribution in [0.5, 0.6) is 0 Å². The lowest BCUT2D eigenvalue weighted by molar-refractivity contribution is -0.0925. The average molecular weight is 546 g/mol. The van der Waals surface area contributed by atoms with Gasteiger partial charge in [0.05, 0.1) is 16.4 Å². The molecule has 4 nitrogen and oxygen atoms in total. The molecule has 1 amide bonds. The van der Waals surface area contributed by atoms with Gasteiger partial charge in [-0.25, -0.2) is 4.99 Å². The van der Waals surface area contributed by atoms with Crippen LogP contribution in [0, 0.1) is 0 Å². The van der Waals surface area contributed by atoms with Gasteiger partial charge in [0, 0.05) is 28.7 Å². The fourth-order valence-electron chi connectivity index (χ4n) is 4.28. The predicted octanol–water partition coefficient (Wildman–Crippen LogP) is 7.37. The molecule has 2 N–H and O–H groups in total. The van der Waals surface area contributed by atoms with Gasteiger partial charge in [-0.15, -0.1) is 0 Å². The van der Waals surface area contributed by atoms with Crippen LogP contribution in [-0.2, 0) is 6.42 Å². The highest BCUT2D eigenvalue weighted by molar-refractivity contribution is 6.33. The monoisotopic (exact) mass is 545 g/mol. The highest BCUT2D eigenvalue weighted by atomic mass is 35.5. The first-order chi connectivity index (χ1) is 17.6. The lowest BCUT2D eigenvalue weighted by Gasteiger charge is -2.25. The van der Waals surface area contributed by atoms with Gasteiger partial charge in [-0.2, -0.15) is 13.2 Å². The average Bonchev–Trinajstić information content (AvgIpc) is 3.32. The summed E-state index contributed by atoms with van der Waals surface area (Å²) >= 11 is 12.3. The fraction of sp³-hybridized carbons (Fsp3) is 0.214. The number of nitrogens with zero attached hydrogens (tertiary/aromatic N) is 2. The number of halogens is 5. The lowest BCUT2D eigenvalue weighted by atomic mass is 10.0. The molecule has 37 heavy (non-hydrogen) atoms. The van der Waals surface area contributed by atoms with Crippen LogP contribution in [0.2, 0.25) is 10.0 Å². The summed E-state index contributed by atoms with van der Waals surface area (Å²) < 4.78 is 39.5. The van der Waals surface area contributed by atoms with Crippen molar-refractivity contribution in [3.8, 4) is 0 Å². The molecule has 1 heterocycles. The van der Waals surface area contributed by atoms with Crippen LogP contribution in [0.1, 0.15) is 34.3 Å². The topological polar surface area (TPSA) is 58.7 Å². The number of aliphatic imine (C=N–C) groups is 1. The molecule has 9 heteroatoms. The number of alkyl halides is 3. The molecule has 0 radical (unpaired) electrons. The summed E-state index contributed by atoms with van der Waals surface area (Å²) in [6, 6.07) is 20.5. The van der Waals surface area contributed by atoms with Crippen molar-refractivity contribution in [1.82, 2.24) is 4.90 Å². The van der Waals surface area contributed by atoms with Crippen LogP contribution in [-0.4, -0.2) is 35.3 Å². The summed E-state index contributed by atoms with van der Waals surface area (Å²) in [5.41, 5.74) is 6.12. The molecule has 0 bridgehead atoms. The van der Waals surface area contributed by atoms with E-state index in [0.717, 1.165) is 24.5 Å². The van der Waals surface area contributed by atoms with Crippen molar-refractivity contribution < 1.29 is 18.0 Å². The summed E-state index contributed by atoms with van der Waals surface area (Å²) in [5.74, 6) is -0.133. The Morgan fingerprint density at radius 1 is 1.03 bits per heavy atom. The van der Waals surface area contributed by atoms with E-state index in [4.69, 9.17) is 28.9 Å². The number of hydrogen-bond acceptors (Lipinski definition) is 3. The van der Waals surface area contributed by atoms with Gasteiger partial charge >= 0.3 is 6.18 Å². The highest BCUT2D eigenvalue weighted by Crippen LogP contribution is 2.28. The Balaban J connectivity index is 1.60. The second-order valence-electron chi connectivity index (χ2n) is 8.75. The summed E-state index contributed by atoms with van der Waals surface area (Å²) in [7, 11) is 0. The molecule has 1 aliphatic heterocycles. The zero-order valence-corrected chi connectivity index (χ0v) is 21.2. The Labute approximate surface area is 223 Å². The zero-order chi connectivity index (χ0) is 26.6. The van der Waals surface area contributed by atoms with E-state index in [1.54, 1.807) is 48.5 Å². The minimum Gasteiger partial charge on any atom is -0.395 e. The van der Waals surface area contributed by atoms with Gasteiger partial charge in [-0.3, -0.25) is 4.79 Å². The smallest absolute Gasteiger partial charge is 0.395 e. The maximum Gasteiger partial charge on any atom is 0.430 e. The summed E-state index contributed by atoms with van der Waals surface area (Å²) in [5, 5.41) is 0.934. The Kier molecular flexibility index (Phi) is 8.25. The van der Waals surface area contributed by atoms with Crippen molar-refractivity contribution in [2.75, 3.05) is 6.54 Å². The predicted molar refractivity (Wildman–Crippen MR) is 142 cm³/mol. The molecule has 4 rings (SSSR count). The van der Waals surface area contributed by atoms with Crippen molar-refractivity contribution in [1.29, 1.82) is 0 Å². The third-order valence-corrected chi connectivity index (χ3v) is 6.69. The Morgan fingerprint density at radius 3 is 2.41 bits per heavy atom. The number of para-hydroxylation sites is 1. The van der Waals surface area contributed by atoms with Gasteiger partial charge in [0.25, 0.3) is 5.91 Å². The van der Waals surface area contributed by atoms with Gasteiger partial charge in [0.2, 0.25) is 0 Å². The molecule has 0 aliphatic carbocycles. The fourth-order valence-corrected chi connectivity index (χ4v) is 4.67. The number of hydrogen-bond donors (Lipinski definition) is 1. The van der Waals surface area contributed by atoms with Gasteiger partial charge in [-0.05, 0) is 67.3 Å². The van der Waals surface area contributed by atoms with Crippen LogP contribution < -0.4 is 5.73 Å². The van der Waals surface area contributed by atoms with Gasteiger partial charge in [0.15, 0.2) is 0 Å². The standard InChI is InChI=1S/C28H24Cl2F3N3O/c29-21-6-3-5-18(15-21)16-22-7-4-14-36(22)27(37)20-12-10-19(11-13-20)25(17-26(34)28(31,32)33)35-24-9-2-1-8-23(24)30/h1-3,5-6,8-13,15,17,22H,4,7,14,16,34H2. The van der Waals surface area contributed by atoms with E-state index in [9.17, 15) is 18.0 Å². The van der Waals surface area contributed by atoms with Crippen molar-refractivity contribution in [3.63, 3.8) is 0 Å². The number of amides is 1. The van der Waals surface area contributed by atoms with E-state index in [1.807, 2.05) is 29.2 Å². The molecule has 0 saturated carbocycles. The number of allylic oxidation sites excluding steroid dienone is 2. The third-order valence-electron chi connectivity index (χ3n) is 6.14. The number of rotatable bonds is 6. The number of benzene rings is 3. The van der Waals surface area contributed by atoms with Crippen LogP contribution in [0.25, 0.3) is 0 Å². The first-order valence-corrected chi connectivity index (χ1v) is 12.4.